The summed E-state index contributed by atoms with van der Waals surface area (Å²) in [4.78, 5) is 22.0. The van der Waals surface area contributed by atoms with Gasteiger partial charge >= 0.3 is 5.97 Å². The Morgan fingerprint density at radius 1 is 1.58 bits per heavy atom. The minimum absolute atomic E-state index is 0.355. The van der Waals surface area contributed by atoms with Crippen molar-refractivity contribution in [1.29, 1.82) is 0 Å². The lowest BCUT2D eigenvalue weighted by atomic mass is 10.5. The second-order valence-electron chi connectivity index (χ2n) is 4.05. The number of hydrogen-bond acceptors (Lipinski definition) is 6. The van der Waals surface area contributed by atoms with E-state index in [0.29, 0.717) is 18.8 Å². The molecule has 0 saturated carbocycles. The zero-order valence-corrected chi connectivity index (χ0v) is 12.0. The molecule has 0 N–H and O–H groups in total. The van der Waals surface area contributed by atoms with Crippen LogP contribution in [0.5, 0.6) is 0 Å². The molecular formula is C12H16N4O2S. The minimum atomic E-state index is -0.379. The first-order chi connectivity index (χ1) is 9.11. The lowest BCUT2D eigenvalue weighted by Gasteiger charge is -2.14. The van der Waals surface area contributed by atoms with Crippen LogP contribution in [0.4, 0.5) is 5.13 Å². The van der Waals surface area contributed by atoms with Gasteiger partial charge in [0.05, 0.1) is 13.2 Å². The van der Waals surface area contributed by atoms with Crippen molar-refractivity contribution < 1.29 is 9.53 Å². The minimum Gasteiger partial charge on any atom is -0.461 e. The van der Waals surface area contributed by atoms with Crippen LogP contribution in [0.2, 0.25) is 0 Å². The molecule has 2 rings (SSSR count). The Hall–Kier alpha value is -1.89. The molecule has 2 aromatic rings. The highest BCUT2D eigenvalue weighted by atomic mass is 32.1. The summed E-state index contributed by atoms with van der Waals surface area (Å²) in [5.41, 5.74) is 0.355. The van der Waals surface area contributed by atoms with Gasteiger partial charge in [-0.05, 0) is 6.92 Å². The second kappa shape index (κ2) is 5.83. The molecule has 0 atom stereocenters. The van der Waals surface area contributed by atoms with Crippen LogP contribution < -0.4 is 4.90 Å². The average Bonchev–Trinajstić information content (AvgIpc) is 2.99. The lowest BCUT2D eigenvalue weighted by Crippen LogP contribution is -2.19. The van der Waals surface area contributed by atoms with Crippen molar-refractivity contribution in [3.05, 3.63) is 29.3 Å². The number of carbonyl (C=O) groups is 1. The number of aryl methyl sites for hydroxylation is 1. The van der Waals surface area contributed by atoms with Crippen molar-refractivity contribution in [1.82, 2.24) is 14.5 Å². The van der Waals surface area contributed by atoms with Crippen molar-refractivity contribution >= 4 is 22.4 Å². The first-order valence-electron chi connectivity index (χ1n) is 5.91. The molecule has 6 nitrogen and oxygen atoms in total. The molecule has 19 heavy (non-hydrogen) atoms. The molecule has 102 valence electrons. The Bertz CT molecular complexity index is 564. The Balaban J connectivity index is 2.06. The number of ether oxygens (including phenoxy) is 1. The summed E-state index contributed by atoms with van der Waals surface area (Å²) in [6.07, 6.45) is 3.66. The SMILES string of the molecule is CCOC(=O)c1csc(N(C)Cc2nccn2C)n1. The normalized spacial score (nSPS) is 10.5. The van der Waals surface area contributed by atoms with Gasteiger partial charge in [-0.3, -0.25) is 0 Å². The number of anilines is 1. The number of hydrogen-bond donors (Lipinski definition) is 0. The van der Waals surface area contributed by atoms with Crippen molar-refractivity contribution in [3.8, 4) is 0 Å². The van der Waals surface area contributed by atoms with Gasteiger partial charge in [-0.1, -0.05) is 0 Å². The molecule has 2 aromatic heterocycles. The number of nitrogens with zero attached hydrogens (tertiary/aromatic N) is 4. The third-order valence-electron chi connectivity index (χ3n) is 2.60. The van der Waals surface area contributed by atoms with Gasteiger partial charge in [0.1, 0.15) is 5.82 Å². The van der Waals surface area contributed by atoms with Crippen LogP contribution >= 0.6 is 11.3 Å². The number of esters is 1. The standard InChI is InChI=1S/C12H16N4O2S/c1-4-18-11(17)9-8-19-12(14-9)16(3)7-10-13-5-6-15(10)2/h5-6,8H,4,7H2,1-3H3. The number of rotatable bonds is 5. The Morgan fingerprint density at radius 2 is 2.37 bits per heavy atom. The fourth-order valence-corrected chi connectivity index (χ4v) is 2.33. The molecule has 0 saturated heterocycles. The van der Waals surface area contributed by atoms with Crippen molar-refractivity contribution in [2.24, 2.45) is 7.05 Å². The van der Waals surface area contributed by atoms with Crippen LogP contribution in [0.25, 0.3) is 0 Å². The van der Waals surface area contributed by atoms with Gasteiger partial charge in [0.15, 0.2) is 10.8 Å². The summed E-state index contributed by atoms with van der Waals surface area (Å²) in [5, 5.41) is 2.48. The van der Waals surface area contributed by atoms with E-state index in [4.69, 9.17) is 4.74 Å². The molecule has 0 amide bonds. The van der Waals surface area contributed by atoms with Gasteiger partial charge in [-0.25, -0.2) is 14.8 Å². The predicted molar refractivity (Wildman–Crippen MR) is 73.4 cm³/mol. The number of imidazole rings is 1. The van der Waals surface area contributed by atoms with Crippen molar-refractivity contribution in [2.75, 3.05) is 18.6 Å². The summed E-state index contributed by atoms with van der Waals surface area (Å²) in [7, 11) is 3.87. The topological polar surface area (TPSA) is 60.2 Å². The van der Waals surface area contributed by atoms with Gasteiger partial charge in [0, 0.05) is 31.9 Å². The molecule has 0 aromatic carbocycles. The van der Waals surface area contributed by atoms with Gasteiger partial charge < -0.3 is 14.2 Å². The third kappa shape index (κ3) is 3.11. The summed E-state index contributed by atoms with van der Waals surface area (Å²) < 4.78 is 6.87. The maximum atomic E-state index is 11.5. The first kappa shape index (κ1) is 13.5. The monoisotopic (exact) mass is 280 g/mol. The van der Waals surface area contributed by atoms with E-state index in [2.05, 4.69) is 9.97 Å². The zero-order valence-electron chi connectivity index (χ0n) is 11.2. The molecule has 0 bridgehead atoms. The molecule has 0 radical (unpaired) electrons. The van der Waals surface area contributed by atoms with E-state index in [1.165, 1.54) is 11.3 Å². The molecule has 0 aliphatic rings. The first-order valence-corrected chi connectivity index (χ1v) is 6.79. The quantitative estimate of drug-likeness (QED) is 0.780. The van der Waals surface area contributed by atoms with Gasteiger partial charge in [-0.15, -0.1) is 11.3 Å². The molecule has 0 fully saturated rings. The van der Waals surface area contributed by atoms with Crippen molar-refractivity contribution in [2.45, 2.75) is 13.5 Å². The van der Waals surface area contributed by atoms with Crippen LogP contribution in [-0.2, 0) is 18.3 Å². The highest BCUT2D eigenvalue weighted by Crippen LogP contribution is 2.21. The lowest BCUT2D eigenvalue weighted by molar-refractivity contribution is 0.0520. The number of aromatic nitrogens is 3. The summed E-state index contributed by atoms with van der Waals surface area (Å²) in [6, 6.07) is 0. The fraction of sp³-hybridized carbons (Fsp3) is 0.417. The van der Waals surface area contributed by atoms with E-state index in [0.717, 1.165) is 11.0 Å². The second-order valence-corrected chi connectivity index (χ2v) is 4.88. The summed E-state index contributed by atoms with van der Waals surface area (Å²) in [6.45, 7) is 2.77. The smallest absolute Gasteiger partial charge is 0.357 e. The van der Waals surface area contributed by atoms with Crippen LogP contribution in [0.15, 0.2) is 17.8 Å². The summed E-state index contributed by atoms with van der Waals surface area (Å²) in [5.74, 6) is 0.561. The van der Waals surface area contributed by atoms with E-state index in [1.54, 1.807) is 18.5 Å². The molecule has 7 heteroatoms. The van der Waals surface area contributed by atoms with E-state index < -0.39 is 0 Å². The Kier molecular flexibility index (Phi) is 4.16. The molecule has 2 heterocycles. The van der Waals surface area contributed by atoms with Crippen LogP contribution in [0, 0.1) is 0 Å². The number of thiazole rings is 1. The van der Waals surface area contributed by atoms with Crippen LogP contribution in [0.3, 0.4) is 0 Å². The highest BCUT2D eigenvalue weighted by Gasteiger charge is 2.14. The summed E-state index contributed by atoms with van der Waals surface area (Å²) >= 11 is 1.42. The Morgan fingerprint density at radius 3 is 3.00 bits per heavy atom. The van der Waals surface area contributed by atoms with E-state index >= 15 is 0 Å². The highest BCUT2D eigenvalue weighted by molar-refractivity contribution is 7.13. The van der Waals surface area contributed by atoms with E-state index in [1.807, 2.05) is 29.8 Å². The molecule has 0 unspecified atom stereocenters. The molecule has 0 aliphatic heterocycles. The average molecular weight is 280 g/mol. The predicted octanol–water partition coefficient (Wildman–Crippen LogP) is 1.69. The number of carbonyl (C=O) groups excluding carboxylic acids is 1. The van der Waals surface area contributed by atoms with E-state index in [9.17, 15) is 4.79 Å². The van der Waals surface area contributed by atoms with Gasteiger partial charge in [0.2, 0.25) is 0 Å². The van der Waals surface area contributed by atoms with Crippen LogP contribution in [-0.4, -0.2) is 34.2 Å². The van der Waals surface area contributed by atoms with Crippen molar-refractivity contribution in [3.63, 3.8) is 0 Å². The largest absolute Gasteiger partial charge is 0.461 e. The third-order valence-corrected chi connectivity index (χ3v) is 3.56. The maximum Gasteiger partial charge on any atom is 0.357 e. The molecule has 0 aliphatic carbocycles. The molecule has 0 spiro atoms. The fourth-order valence-electron chi connectivity index (χ4n) is 1.57. The van der Waals surface area contributed by atoms with Gasteiger partial charge in [0.25, 0.3) is 0 Å². The van der Waals surface area contributed by atoms with Crippen LogP contribution in [0.1, 0.15) is 23.2 Å². The zero-order chi connectivity index (χ0) is 13.8. The maximum absolute atomic E-state index is 11.5. The van der Waals surface area contributed by atoms with Gasteiger partial charge in [-0.2, -0.15) is 0 Å². The van der Waals surface area contributed by atoms with E-state index in [-0.39, 0.29) is 5.97 Å². The Labute approximate surface area is 115 Å². The molecular weight excluding hydrogens is 264 g/mol.